The van der Waals surface area contributed by atoms with Crippen LogP contribution >= 0.6 is 0 Å². The van der Waals surface area contributed by atoms with Crippen LogP contribution in [-0.4, -0.2) is 57.5 Å². The molecule has 1 aromatic carbocycles. The van der Waals surface area contributed by atoms with Gasteiger partial charge in [-0.2, -0.15) is 0 Å². The molecular formula is C15H24N2O2. The lowest BCUT2D eigenvalue weighted by molar-refractivity contribution is 0.278. The molecule has 0 radical (unpaired) electrons. The lowest BCUT2D eigenvalue weighted by Gasteiger charge is -2.14. The summed E-state index contributed by atoms with van der Waals surface area (Å²) in [5.74, 6) is 0. The molecule has 2 aliphatic rings. The molecule has 4 nitrogen and oxygen atoms in total. The minimum atomic E-state index is 0.494. The van der Waals surface area contributed by atoms with Gasteiger partial charge in [0, 0.05) is 19.6 Å². The van der Waals surface area contributed by atoms with Crippen molar-refractivity contribution in [1.82, 2.24) is 10.2 Å². The SMILES string of the molecule is CN(Cc1ccccc1)CC1CO1.CNCC1CO1. The van der Waals surface area contributed by atoms with Crippen LogP contribution in [0.1, 0.15) is 5.56 Å². The molecule has 2 fully saturated rings. The topological polar surface area (TPSA) is 40.3 Å². The smallest absolute Gasteiger partial charge is 0.0936 e. The quantitative estimate of drug-likeness (QED) is 0.782. The van der Waals surface area contributed by atoms with Crippen LogP contribution in [0.25, 0.3) is 0 Å². The number of hydrogen-bond acceptors (Lipinski definition) is 4. The van der Waals surface area contributed by atoms with E-state index in [0.717, 1.165) is 32.8 Å². The largest absolute Gasteiger partial charge is 0.372 e. The van der Waals surface area contributed by atoms with E-state index in [0.29, 0.717) is 12.2 Å². The second kappa shape index (κ2) is 7.60. The normalized spacial score (nSPS) is 23.7. The molecule has 1 N–H and O–H groups in total. The van der Waals surface area contributed by atoms with E-state index in [4.69, 9.17) is 9.47 Å². The molecule has 0 bridgehead atoms. The molecule has 2 heterocycles. The first-order chi connectivity index (χ1) is 9.28. The highest BCUT2D eigenvalue weighted by Crippen LogP contribution is 2.11. The lowest BCUT2D eigenvalue weighted by atomic mass is 10.2. The number of epoxide rings is 2. The number of hydrogen-bond donors (Lipinski definition) is 1. The summed E-state index contributed by atoms with van der Waals surface area (Å²) >= 11 is 0. The van der Waals surface area contributed by atoms with Gasteiger partial charge in [0.05, 0.1) is 25.4 Å². The molecule has 0 aliphatic carbocycles. The molecular weight excluding hydrogens is 240 g/mol. The molecule has 4 heteroatoms. The van der Waals surface area contributed by atoms with Crippen LogP contribution in [0.4, 0.5) is 0 Å². The summed E-state index contributed by atoms with van der Waals surface area (Å²) in [6.45, 7) is 4.98. The summed E-state index contributed by atoms with van der Waals surface area (Å²) in [5.41, 5.74) is 1.37. The highest BCUT2D eigenvalue weighted by molar-refractivity contribution is 5.14. The standard InChI is InChI=1S/C11H15NO.C4H9NO/c1-12(8-11-9-13-11)7-10-5-3-2-4-6-10;1-5-2-4-3-6-4/h2-6,11H,7-9H2,1H3;4-5H,2-3H2,1H3. The summed E-state index contributed by atoms with van der Waals surface area (Å²) in [7, 11) is 4.07. The van der Waals surface area contributed by atoms with Crippen molar-refractivity contribution in [1.29, 1.82) is 0 Å². The van der Waals surface area contributed by atoms with Gasteiger partial charge < -0.3 is 14.8 Å². The Kier molecular flexibility index (Phi) is 5.79. The van der Waals surface area contributed by atoms with Crippen molar-refractivity contribution in [2.45, 2.75) is 18.8 Å². The van der Waals surface area contributed by atoms with Gasteiger partial charge >= 0.3 is 0 Å². The van der Waals surface area contributed by atoms with E-state index in [9.17, 15) is 0 Å². The molecule has 3 rings (SSSR count). The monoisotopic (exact) mass is 264 g/mol. The maximum atomic E-state index is 5.18. The third-order valence-corrected chi connectivity index (χ3v) is 3.05. The Balaban J connectivity index is 0.000000186. The molecule has 2 aliphatic heterocycles. The highest BCUT2D eigenvalue weighted by Gasteiger charge is 2.23. The van der Waals surface area contributed by atoms with E-state index in [-0.39, 0.29) is 0 Å². The van der Waals surface area contributed by atoms with Crippen molar-refractivity contribution in [3.05, 3.63) is 35.9 Å². The zero-order valence-corrected chi connectivity index (χ0v) is 11.8. The molecule has 0 amide bonds. The second-order valence-corrected chi connectivity index (χ2v) is 5.15. The van der Waals surface area contributed by atoms with Crippen molar-refractivity contribution in [3.8, 4) is 0 Å². The molecule has 0 spiro atoms. The van der Waals surface area contributed by atoms with Crippen LogP contribution in [0, 0.1) is 0 Å². The zero-order chi connectivity index (χ0) is 13.5. The number of nitrogens with one attached hydrogen (secondary N) is 1. The highest BCUT2D eigenvalue weighted by atomic mass is 16.6. The first-order valence-electron chi connectivity index (χ1n) is 6.88. The Morgan fingerprint density at radius 3 is 2.26 bits per heavy atom. The van der Waals surface area contributed by atoms with Crippen LogP contribution in [0.2, 0.25) is 0 Å². The maximum absolute atomic E-state index is 5.18. The van der Waals surface area contributed by atoms with Gasteiger partial charge in [-0.05, 0) is 19.7 Å². The van der Waals surface area contributed by atoms with Crippen molar-refractivity contribution in [2.75, 3.05) is 40.4 Å². The number of nitrogens with zero attached hydrogens (tertiary/aromatic N) is 1. The van der Waals surface area contributed by atoms with Gasteiger partial charge in [0.15, 0.2) is 0 Å². The van der Waals surface area contributed by atoms with E-state index in [1.807, 2.05) is 13.1 Å². The van der Waals surface area contributed by atoms with Crippen molar-refractivity contribution in [2.24, 2.45) is 0 Å². The average molecular weight is 264 g/mol. The molecule has 0 aromatic heterocycles. The Bertz CT molecular complexity index is 350. The van der Waals surface area contributed by atoms with E-state index in [1.165, 1.54) is 5.56 Å². The summed E-state index contributed by atoms with van der Waals surface area (Å²) in [4.78, 5) is 2.30. The van der Waals surface area contributed by atoms with Gasteiger partial charge in [-0.1, -0.05) is 30.3 Å². The fourth-order valence-electron chi connectivity index (χ4n) is 1.89. The van der Waals surface area contributed by atoms with E-state index < -0.39 is 0 Å². The number of ether oxygens (including phenoxy) is 2. The first-order valence-corrected chi connectivity index (χ1v) is 6.88. The molecule has 2 unspecified atom stereocenters. The van der Waals surface area contributed by atoms with E-state index in [1.54, 1.807) is 0 Å². The van der Waals surface area contributed by atoms with Gasteiger partial charge in [0.2, 0.25) is 0 Å². The van der Waals surface area contributed by atoms with Gasteiger partial charge in [-0.15, -0.1) is 0 Å². The van der Waals surface area contributed by atoms with Gasteiger partial charge in [0.1, 0.15) is 0 Å². The van der Waals surface area contributed by atoms with Crippen LogP contribution in [-0.2, 0) is 16.0 Å². The van der Waals surface area contributed by atoms with E-state index in [2.05, 4.69) is 41.5 Å². The Morgan fingerprint density at radius 2 is 1.79 bits per heavy atom. The Morgan fingerprint density at radius 1 is 1.16 bits per heavy atom. The molecule has 2 atom stereocenters. The van der Waals surface area contributed by atoms with E-state index >= 15 is 0 Å². The number of rotatable bonds is 6. The molecule has 0 saturated carbocycles. The number of benzene rings is 1. The van der Waals surface area contributed by atoms with Crippen LogP contribution in [0.5, 0.6) is 0 Å². The van der Waals surface area contributed by atoms with Crippen molar-refractivity contribution < 1.29 is 9.47 Å². The van der Waals surface area contributed by atoms with Gasteiger partial charge in [-0.3, -0.25) is 4.90 Å². The fraction of sp³-hybridized carbons (Fsp3) is 0.600. The summed E-state index contributed by atoms with van der Waals surface area (Å²) in [6, 6.07) is 10.5. The van der Waals surface area contributed by atoms with Crippen molar-refractivity contribution in [3.63, 3.8) is 0 Å². The first kappa shape index (κ1) is 14.5. The number of likely N-dealkylation sites (N-methyl/N-ethyl adjacent to an activating group) is 2. The van der Waals surface area contributed by atoms with Crippen LogP contribution in [0.3, 0.4) is 0 Å². The minimum absolute atomic E-state index is 0.494. The van der Waals surface area contributed by atoms with Crippen molar-refractivity contribution >= 4 is 0 Å². The Labute approximate surface area is 115 Å². The Hall–Kier alpha value is -0.940. The third kappa shape index (κ3) is 6.68. The second-order valence-electron chi connectivity index (χ2n) is 5.15. The molecule has 19 heavy (non-hydrogen) atoms. The third-order valence-electron chi connectivity index (χ3n) is 3.05. The lowest BCUT2D eigenvalue weighted by Crippen LogP contribution is -2.22. The molecule has 2 saturated heterocycles. The van der Waals surface area contributed by atoms with Gasteiger partial charge in [-0.25, -0.2) is 0 Å². The zero-order valence-electron chi connectivity index (χ0n) is 11.8. The fourth-order valence-corrected chi connectivity index (χ4v) is 1.89. The maximum Gasteiger partial charge on any atom is 0.0936 e. The van der Waals surface area contributed by atoms with Crippen LogP contribution < -0.4 is 5.32 Å². The minimum Gasteiger partial charge on any atom is -0.372 e. The predicted octanol–water partition coefficient (Wildman–Crippen LogP) is 1.12. The molecule has 1 aromatic rings. The summed E-state index contributed by atoms with van der Waals surface area (Å²) in [6.07, 6.45) is 1.03. The average Bonchev–Trinajstić information content (AvgIpc) is 3.27. The van der Waals surface area contributed by atoms with Crippen LogP contribution in [0.15, 0.2) is 30.3 Å². The molecule has 106 valence electrons. The summed E-state index contributed by atoms with van der Waals surface area (Å²) < 4.78 is 10.1. The summed E-state index contributed by atoms with van der Waals surface area (Å²) in [5, 5.41) is 3.00. The predicted molar refractivity (Wildman–Crippen MR) is 76.2 cm³/mol. The van der Waals surface area contributed by atoms with Gasteiger partial charge in [0.25, 0.3) is 0 Å².